The molecule has 1 unspecified atom stereocenters. The van der Waals surface area contributed by atoms with Gasteiger partial charge in [0.25, 0.3) is 11.8 Å². The zero-order valence-corrected chi connectivity index (χ0v) is 24.6. The Bertz CT molecular complexity index is 1360. The molecular weight excluding hydrogens is 548 g/mol. The van der Waals surface area contributed by atoms with Crippen LogP contribution >= 0.6 is 11.8 Å². The number of hydrogen-bond acceptors (Lipinski definition) is 6. The van der Waals surface area contributed by atoms with Crippen LogP contribution in [-0.2, 0) is 19.1 Å². The van der Waals surface area contributed by atoms with Crippen molar-refractivity contribution in [2.24, 2.45) is 0 Å². The number of nitrogens with one attached hydrogen (secondary N) is 1. The number of thioether (sulfide) groups is 1. The molecule has 2 aliphatic rings. The molecule has 0 spiro atoms. The summed E-state index contributed by atoms with van der Waals surface area (Å²) in [5, 5.41) is 2.43. The minimum absolute atomic E-state index is 0.200. The SMILES string of the molecule is CCCCCCC1=C(C(=O)OC(c2ccccc2)c2ccccc2)N2C(=O)C(NC(=O)COc3ccccc3)[C@@H]2SC1. The highest BCUT2D eigenvalue weighted by Gasteiger charge is 2.54. The number of rotatable bonds is 13. The molecule has 0 bridgehead atoms. The van der Waals surface area contributed by atoms with Crippen molar-refractivity contribution in [2.45, 2.75) is 56.5 Å². The number of esters is 1. The molecule has 8 heteroatoms. The summed E-state index contributed by atoms with van der Waals surface area (Å²) in [6.45, 7) is 1.96. The summed E-state index contributed by atoms with van der Waals surface area (Å²) in [5.74, 6) is -0.0417. The van der Waals surface area contributed by atoms with Crippen LogP contribution in [-0.4, -0.2) is 46.5 Å². The van der Waals surface area contributed by atoms with Crippen molar-refractivity contribution in [3.63, 3.8) is 0 Å². The van der Waals surface area contributed by atoms with Gasteiger partial charge in [0.15, 0.2) is 12.7 Å². The Labute approximate surface area is 251 Å². The normalized spacial score (nSPS) is 17.9. The van der Waals surface area contributed by atoms with Gasteiger partial charge in [-0.3, -0.25) is 14.5 Å². The molecule has 42 heavy (non-hydrogen) atoms. The Morgan fingerprint density at radius 1 is 0.905 bits per heavy atom. The minimum atomic E-state index is -0.731. The van der Waals surface area contributed by atoms with E-state index >= 15 is 0 Å². The molecule has 1 N–H and O–H groups in total. The average molecular weight is 585 g/mol. The van der Waals surface area contributed by atoms with Gasteiger partial charge in [-0.2, -0.15) is 0 Å². The molecule has 1 fully saturated rings. The fourth-order valence-corrected chi connectivity index (χ4v) is 6.64. The van der Waals surface area contributed by atoms with Crippen molar-refractivity contribution in [3.8, 4) is 5.75 Å². The third-order valence-electron chi connectivity index (χ3n) is 7.43. The zero-order chi connectivity index (χ0) is 29.3. The second-order valence-electron chi connectivity index (χ2n) is 10.4. The van der Waals surface area contributed by atoms with E-state index in [0.717, 1.165) is 48.8 Å². The van der Waals surface area contributed by atoms with E-state index in [0.29, 0.717) is 17.2 Å². The van der Waals surface area contributed by atoms with E-state index in [1.165, 1.54) is 4.90 Å². The van der Waals surface area contributed by atoms with Gasteiger partial charge in [-0.15, -0.1) is 11.8 Å². The summed E-state index contributed by atoms with van der Waals surface area (Å²) in [6, 6.07) is 27.6. The Kier molecular flexibility index (Phi) is 9.98. The lowest BCUT2D eigenvalue weighted by atomic mass is 9.99. The van der Waals surface area contributed by atoms with Gasteiger partial charge in [0.05, 0.1) is 0 Å². The quantitative estimate of drug-likeness (QED) is 0.150. The first-order valence-electron chi connectivity index (χ1n) is 14.5. The van der Waals surface area contributed by atoms with Crippen LogP contribution in [0.15, 0.2) is 102 Å². The molecule has 0 radical (unpaired) electrons. The van der Waals surface area contributed by atoms with Gasteiger partial charge in [-0.05, 0) is 41.7 Å². The first kappa shape index (κ1) is 29.5. The first-order chi connectivity index (χ1) is 20.6. The predicted molar refractivity (Wildman–Crippen MR) is 164 cm³/mol. The molecule has 3 aromatic rings. The second-order valence-corrected chi connectivity index (χ2v) is 11.5. The van der Waals surface area contributed by atoms with Crippen molar-refractivity contribution in [3.05, 3.63) is 113 Å². The lowest BCUT2D eigenvalue weighted by Gasteiger charge is -2.50. The van der Waals surface area contributed by atoms with Crippen LogP contribution in [0.1, 0.15) is 56.3 Å². The number of unbranched alkanes of at least 4 members (excludes halogenated alkanes) is 3. The standard InChI is InChI=1S/C34H36N2O5S/c1-2-3-4-8-19-26-23-42-33-29(35-28(37)22-40-27-20-13-7-14-21-27)32(38)36(33)30(26)34(39)41-31(24-15-9-5-10-16-24)25-17-11-6-12-18-25/h5-7,9-18,20-21,29,31,33H,2-4,8,19,22-23H2,1H3,(H,35,37)/t29?,33-/m0/s1. The number of nitrogens with zero attached hydrogens (tertiary/aromatic N) is 1. The van der Waals surface area contributed by atoms with Crippen LogP contribution < -0.4 is 10.1 Å². The predicted octanol–water partition coefficient (Wildman–Crippen LogP) is 6.02. The lowest BCUT2D eigenvalue weighted by Crippen LogP contribution is -2.71. The van der Waals surface area contributed by atoms with E-state index in [4.69, 9.17) is 9.47 Å². The van der Waals surface area contributed by atoms with E-state index in [9.17, 15) is 14.4 Å². The van der Waals surface area contributed by atoms with Gasteiger partial charge in [0.1, 0.15) is 22.9 Å². The summed E-state index contributed by atoms with van der Waals surface area (Å²) >= 11 is 1.57. The maximum absolute atomic E-state index is 14.0. The number of hydrogen-bond donors (Lipinski definition) is 1. The van der Waals surface area contributed by atoms with Gasteiger partial charge in [0.2, 0.25) is 0 Å². The molecule has 7 nitrogen and oxygen atoms in total. The highest BCUT2D eigenvalue weighted by atomic mass is 32.2. The number of benzene rings is 3. The number of carbonyl (C=O) groups excluding carboxylic acids is 3. The van der Waals surface area contributed by atoms with Gasteiger partial charge < -0.3 is 14.8 Å². The van der Waals surface area contributed by atoms with Gasteiger partial charge in [-0.1, -0.05) is 105 Å². The van der Waals surface area contributed by atoms with Crippen LogP contribution in [0.2, 0.25) is 0 Å². The Hall–Kier alpha value is -4.04. The lowest BCUT2D eigenvalue weighted by molar-refractivity contribution is -0.154. The van der Waals surface area contributed by atoms with Crippen LogP contribution in [0, 0.1) is 0 Å². The van der Waals surface area contributed by atoms with Crippen LogP contribution in [0.3, 0.4) is 0 Å². The molecule has 2 atom stereocenters. The minimum Gasteiger partial charge on any atom is -0.484 e. The molecule has 0 saturated carbocycles. The number of β-lactam (4-membered cyclic amide) rings is 1. The van der Waals surface area contributed by atoms with Gasteiger partial charge in [-0.25, -0.2) is 4.79 Å². The number of amides is 2. The molecule has 2 aliphatic heterocycles. The van der Waals surface area contributed by atoms with E-state index in [1.807, 2.05) is 78.9 Å². The topological polar surface area (TPSA) is 84.9 Å². The van der Waals surface area contributed by atoms with Crippen LogP contribution in [0.25, 0.3) is 0 Å². The Morgan fingerprint density at radius 2 is 1.52 bits per heavy atom. The fraction of sp³-hybridized carbons (Fsp3) is 0.324. The van der Waals surface area contributed by atoms with Crippen molar-refractivity contribution >= 4 is 29.5 Å². The molecule has 1 saturated heterocycles. The van der Waals surface area contributed by atoms with Crippen molar-refractivity contribution in [1.82, 2.24) is 10.2 Å². The zero-order valence-electron chi connectivity index (χ0n) is 23.7. The number of para-hydroxylation sites is 1. The maximum atomic E-state index is 14.0. The smallest absolute Gasteiger partial charge is 0.356 e. The number of carbonyl (C=O) groups is 3. The fourth-order valence-electron chi connectivity index (χ4n) is 5.26. The molecule has 3 aromatic carbocycles. The highest BCUT2D eigenvalue weighted by molar-refractivity contribution is 8.00. The van der Waals surface area contributed by atoms with E-state index in [1.54, 1.807) is 23.9 Å². The van der Waals surface area contributed by atoms with Crippen molar-refractivity contribution in [2.75, 3.05) is 12.4 Å². The molecular formula is C34H36N2O5S. The van der Waals surface area contributed by atoms with E-state index in [-0.39, 0.29) is 23.8 Å². The van der Waals surface area contributed by atoms with Crippen LogP contribution in [0.4, 0.5) is 0 Å². The van der Waals surface area contributed by atoms with E-state index < -0.39 is 18.1 Å². The summed E-state index contributed by atoms with van der Waals surface area (Å²) in [6.07, 6.45) is 4.32. The summed E-state index contributed by atoms with van der Waals surface area (Å²) in [5.41, 5.74) is 2.94. The van der Waals surface area contributed by atoms with Gasteiger partial charge >= 0.3 is 5.97 Å². The first-order valence-corrected chi connectivity index (χ1v) is 15.6. The average Bonchev–Trinajstić information content (AvgIpc) is 3.04. The highest BCUT2D eigenvalue weighted by Crippen LogP contribution is 2.42. The number of ether oxygens (including phenoxy) is 2. The monoisotopic (exact) mass is 584 g/mol. The molecule has 218 valence electrons. The summed E-state index contributed by atoms with van der Waals surface area (Å²) < 4.78 is 11.8. The summed E-state index contributed by atoms with van der Waals surface area (Å²) in [4.78, 5) is 41.7. The van der Waals surface area contributed by atoms with E-state index in [2.05, 4.69) is 12.2 Å². The largest absolute Gasteiger partial charge is 0.484 e. The van der Waals surface area contributed by atoms with Gasteiger partial charge in [0, 0.05) is 5.75 Å². The third-order valence-corrected chi connectivity index (χ3v) is 8.77. The Morgan fingerprint density at radius 3 is 2.14 bits per heavy atom. The Balaban J connectivity index is 1.34. The molecule has 2 heterocycles. The van der Waals surface area contributed by atoms with Crippen LogP contribution in [0.5, 0.6) is 5.75 Å². The van der Waals surface area contributed by atoms with Crippen molar-refractivity contribution in [1.29, 1.82) is 0 Å². The maximum Gasteiger partial charge on any atom is 0.356 e. The third kappa shape index (κ3) is 6.87. The second kappa shape index (κ2) is 14.2. The van der Waals surface area contributed by atoms with Crippen molar-refractivity contribution < 1.29 is 23.9 Å². The molecule has 0 aromatic heterocycles. The molecule has 5 rings (SSSR count). The molecule has 2 amide bonds. The number of fused-ring (bicyclic) bond motifs is 1. The molecule has 0 aliphatic carbocycles. The summed E-state index contributed by atoms with van der Waals surface area (Å²) in [7, 11) is 0.